The van der Waals surface area contributed by atoms with Crippen molar-refractivity contribution in [2.24, 2.45) is 10.6 Å². The number of aromatic nitrogens is 2. The summed E-state index contributed by atoms with van der Waals surface area (Å²) >= 11 is 0. The van der Waals surface area contributed by atoms with Crippen LogP contribution in [-0.2, 0) is 16.0 Å². The van der Waals surface area contributed by atoms with Gasteiger partial charge in [0.25, 0.3) is 0 Å². The van der Waals surface area contributed by atoms with Crippen LogP contribution in [0.5, 0.6) is 0 Å². The smallest absolute Gasteiger partial charge is 0.366 e. The predicted molar refractivity (Wildman–Crippen MR) is 120 cm³/mol. The third kappa shape index (κ3) is 4.06. The molecule has 0 atom stereocenters. The van der Waals surface area contributed by atoms with Crippen LogP contribution in [0.2, 0.25) is 0 Å². The molecule has 1 aliphatic carbocycles. The van der Waals surface area contributed by atoms with E-state index in [9.17, 15) is 9.59 Å². The van der Waals surface area contributed by atoms with E-state index in [4.69, 9.17) is 14.7 Å². The van der Waals surface area contributed by atoms with Gasteiger partial charge in [-0.25, -0.2) is 14.3 Å². The van der Waals surface area contributed by atoms with Gasteiger partial charge >= 0.3 is 11.9 Å². The third-order valence-electron chi connectivity index (χ3n) is 5.53. The lowest BCUT2D eigenvalue weighted by atomic mass is 9.75. The summed E-state index contributed by atoms with van der Waals surface area (Å²) in [7, 11) is 1.27. The number of hydrogen-bond donors (Lipinski definition) is 0. The quantitative estimate of drug-likeness (QED) is 0.345. The SMILES string of the molecule is COC(=O)c1ccccc1C(=O)O/N=C1\CC(C)(C)Cc2c1c(C)nn2-c1ccccc1. The van der Waals surface area contributed by atoms with Gasteiger partial charge in [-0.3, -0.25) is 0 Å². The van der Waals surface area contributed by atoms with Crippen molar-refractivity contribution in [2.75, 3.05) is 7.11 Å². The molecule has 0 fully saturated rings. The maximum Gasteiger partial charge on any atom is 0.366 e. The first-order valence-electron chi connectivity index (χ1n) is 10.4. The summed E-state index contributed by atoms with van der Waals surface area (Å²) in [6, 6.07) is 16.3. The van der Waals surface area contributed by atoms with Gasteiger partial charge in [-0.1, -0.05) is 49.3 Å². The van der Waals surface area contributed by atoms with Crippen LogP contribution in [0.25, 0.3) is 5.69 Å². The summed E-state index contributed by atoms with van der Waals surface area (Å²) in [6.45, 7) is 6.23. The summed E-state index contributed by atoms with van der Waals surface area (Å²) in [4.78, 5) is 30.1. The second-order valence-corrected chi connectivity index (χ2v) is 8.63. The van der Waals surface area contributed by atoms with Gasteiger partial charge in [0.05, 0.1) is 41.0 Å². The number of rotatable bonds is 4. The van der Waals surface area contributed by atoms with Crippen LogP contribution in [-0.4, -0.2) is 34.5 Å². The molecule has 164 valence electrons. The Balaban J connectivity index is 1.71. The summed E-state index contributed by atoms with van der Waals surface area (Å²) in [6.07, 6.45) is 1.45. The topological polar surface area (TPSA) is 82.8 Å². The normalized spacial score (nSPS) is 15.8. The maximum absolute atomic E-state index is 12.8. The predicted octanol–water partition coefficient (Wildman–Crippen LogP) is 4.50. The van der Waals surface area contributed by atoms with E-state index in [1.54, 1.807) is 12.1 Å². The average molecular weight is 431 g/mol. The Morgan fingerprint density at radius 1 is 0.969 bits per heavy atom. The molecule has 2 aromatic carbocycles. The summed E-state index contributed by atoms with van der Waals surface area (Å²) in [5, 5.41) is 9.00. The Labute approximate surface area is 186 Å². The lowest BCUT2D eigenvalue weighted by Gasteiger charge is -2.30. The number of methoxy groups -OCH3 is 1. The fourth-order valence-electron chi connectivity index (χ4n) is 4.13. The Bertz CT molecular complexity index is 1210. The molecule has 0 spiro atoms. The van der Waals surface area contributed by atoms with Gasteiger partial charge in [0.1, 0.15) is 0 Å². The first kappa shape index (κ1) is 21.5. The fraction of sp³-hybridized carbons (Fsp3) is 0.280. The number of benzene rings is 2. The van der Waals surface area contributed by atoms with E-state index < -0.39 is 11.9 Å². The second kappa shape index (κ2) is 8.42. The molecule has 0 N–H and O–H groups in total. The lowest BCUT2D eigenvalue weighted by Crippen LogP contribution is -2.29. The largest absolute Gasteiger partial charge is 0.465 e. The number of esters is 1. The molecule has 1 aromatic heterocycles. The number of aryl methyl sites for hydroxylation is 1. The van der Waals surface area contributed by atoms with E-state index in [1.165, 1.54) is 19.2 Å². The minimum absolute atomic E-state index is 0.0961. The Morgan fingerprint density at radius 2 is 1.59 bits per heavy atom. The van der Waals surface area contributed by atoms with Gasteiger partial charge in [0.2, 0.25) is 0 Å². The molecular formula is C25H25N3O4. The monoisotopic (exact) mass is 431 g/mol. The number of para-hydroxylation sites is 1. The summed E-state index contributed by atoms with van der Waals surface area (Å²) in [5.74, 6) is -1.32. The summed E-state index contributed by atoms with van der Waals surface area (Å²) < 4.78 is 6.70. The van der Waals surface area contributed by atoms with Crippen molar-refractivity contribution in [3.05, 3.63) is 82.7 Å². The number of nitrogens with zero attached hydrogens (tertiary/aromatic N) is 3. The molecule has 0 radical (unpaired) electrons. The van der Waals surface area contributed by atoms with Gasteiger partial charge in [0.15, 0.2) is 0 Å². The van der Waals surface area contributed by atoms with Crippen molar-refractivity contribution >= 4 is 17.7 Å². The maximum atomic E-state index is 12.8. The van der Waals surface area contributed by atoms with Gasteiger partial charge in [-0.15, -0.1) is 0 Å². The highest BCUT2D eigenvalue weighted by molar-refractivity contribution is 6.05. The molecular weight excluding hydrogens is 406 g/mol. The van der Waals surface area contributed by atoms with Crippen molar-refractivity contribution in [1.82, 2.24) is 9.78 Å². The number of ether oxygens (including phenoxy) is 1. The van der Waals surface area contributed by atoms with E-state index in [-0.39, 0.29) is 16.5 Å². The van der Waals surface area contributed by atoms with Crippen molar-refractivity contribution in [1.29, 1.82) is 0 Å². The zero-order valence-corrected chi connectivity index (χ0v) is 18.6. The molecule has 1 heterocycles. The van der Waals surface area contributed by atoms with Crippen LogP contribution in [0.4, 0.5) is 0 Å². The van der Waals surface area contributed by atoms with E-state index in [0.717, 1.165) is 29.1 Å². The standard InChI is InChI=1S/C25H25N3O4/c1-16-22-20(27-32-24(30)19-13-9-8-12-18(19)23(29)31-4)14-25(2,3)15-21(22)28(26-16)17-10-6-5-7-11-17/h5-13H,14-15H2,1-4H3/b27-20+. The van der Waals surface area contributed by atoms with Crippen LogP contribution in [0.3, 0.4) is 0 Å². The lowest BCUT2D eigenvalue weighted by molar-refractivity contribution is 0.0494. The summed E-state index contributed by atoms with van der Waals surface area (Å²) in [5.41, 5.74) is 4.55. The number of carbonyl (C=O) groups excluding carboxylic acids is 2. The van der Waals surface area contributed by atoms with Crippen molar-refractivity contribution in [2.45, 2.75) is 33.6 Å². The van der Waals surface area contributed by atoms with Crippen molar-refractivity contribution in [3.8, 4) is 5.69 Å². The molecule has 32 heavy (non-hydrogen) atoms. The molecule has 0 saturated carbocycles. The minimum Gasteiger partial charge on any atom is -0.465 e. The zero-order chi connectivity index (χ0) is 22.9. The van der Waals surface area contributed by atoms with Gasteiger partial charge < -0.3 is 9.57 Å². The van der Waals surface area contributed by atoms with Crippen LogP contribution < -0.4 is 0 Å². The van der Waals surface area contributed by atoms with Crippen molar-refractivity contribution in [3.63, 3.8) is 0 Å². The Hall–Kier alpha value is -3.74. The van der Waals surface area contributed by atoms with Crippen molar-refractivity contribution < 1.29 is 19.2 Å². The minimum atomic E-state index is -0.712. The first-order valence-corrected chi connectivity index (χ1v) is 10.4. The molecule has 0 saturated heterocycles. The molecule has 0 aliphatic heterocycles. The average Bonchev–Trinajstić information content (AvgIpc) is 3.12. The van der Waals surface area contributed by atoms with E-state index in [0.29, 0.717) is 12.1 Å². The molecule has 7 nitrogen and oxygen atoms in total. The molecule has 4 rings (SSSR count). The Kier molecular flexibility index (Phi) is 5.65. The molecule has 0 bridgehead atoms. The fourth-order valence-corrected chi connectivity index (χ4v) is 4.13. The first-order chi connectivity index (χ1) is 15.3. The molecule has 3 aromatic rings. The molecule has 0 unspecified atom stereocenters. The van der Waals surface area contributed by atoms with E-state index >= 15 is 0 Å². The highest BCUT2D eigenvalue weighted by Crippen LogP contribution is 2.37. The molecule has 7 heteroatoms. The van der Waals surface area contributed by atoms with Crippen LogP contribution >= 0.6 is 0 Å². The van der Waals surface area contributed by atoms with Gasteiger partial charge in [-0.2, -0.15) is 5.10 Å². The highest BCUT2D eigenvalue weighted by Gasteiger charge is 2.35. The van der Waals surface area contributed by atoms with Gasteiger partial charge in [0, 0.05) is 5.56 Å². The van der Waals surface area contributed by atoms with E-state index in [2.05, 4.69) is 19.0 Å². The van der Waals surface area contributed by atoms with Crippen LogP contribution in [0.15, 0.2) is 59.8 Å². The van der Waals surface area contributed by atoms with E-state index in [1.807, 2.05) is 41.9 Å². The zero-order valence-electron chi connectivity index (χ0n) is 18.6. The van der Waals surface area contributed by atoms with Crippen LogP contribution in [0.1, 0.15) is 57.9 Å². The number of fused-ring (bicyclic) bond motifs is 1. The molecule has 0 amide bonds. The highest BCUT2D eigenvalue weighted by atomic mass is 16.7. The Morgan fingerprint density at radius 3 is 2.25 bits per heavy atom. The van der Waals surface area contributed by atoms with Crippen LogP contribution in [0, 0.1) is 12.3 Å². The number of hydrogen-bond acceptors (Lipinski definition) is 6. The number of oxime groups is 1. The third-order valence-corrected chi connectivity index (χ3v) is 5.53. The second-order valence-electron chi connectivity index (χ2n) is 8.63. The molecule has 1 aliphatic rings. The number of carbonyl (C=O) groups is 2. The van der Waals surface area contributed by atoms with Gasteiger partial charge in [-0.05, 0) is 49.4 Å².